The number of carboxylic acid groups (broad SMARTS) is 1. The van der Waals surface area contributed by atoms with Gasteiger partial charge in [-0.15, -0.1) is 0 Å². The first kappa shape index (κ1) is 17.9. The van der Waals surface area contributed by atoms with Gasteiger partial charge in [-0.05, 0) is 25.2 Å². The van der Waals surface area contributed by atoms with E-state index in [-0.39, 0.29) is 30.9 Å². The molecular weight excluding hydrogens is 246 g/mol. The van der Waals surface area contributed by atoms with Crippen LogP contribution in [0.3, 0.4) is 0 Å². The van der Waals surface area contributed by atoms with Crippen LogP contribution in [0.25, 0.3) is 0 Å². The number of aliphatic carboxylic acids is 1. The minimum atomic E-state index is -0.981. The van der Waals surface area contributed by atoms with Crippen molar-refractivity contribution in [1.82, 2.24) is 5.32 Å². The maximum atomic E-state index is 12.0. The van der Waals surface area contributed by atoms with Crippen LogP contribution in [0.1, 0.15) is 53.4 Å². The van der Waals surface area contributed by atoms with Gasteiger partial charge in [-0.1, -0.05) is 27.7 Å². The van der Waals surface area contributed by atoms with Gasteiger partial charge in [0.15, 0.2) is 0 Å². The predicted octanol–water partition coefficient (Wildman–Crippen LogP) is 1.79. The molecule has 0 radical (unpaired) electrons. The highest BCUT2D eigenvalue weighted by Gasteiger charge is 2.37. The zero-order valence-electron chi connectivity index (χ0n) is 12.4. The lowest BCUT2D eigenvalue weighted by atomic mass is 9.79. The third-order valence-electron chi connectivity index (χ3n) is 3.90. The van der Waals surface area contributed by atoms with Gasteiger partial charge in [0.25, 0.3) is 0 Å². The fraction of sp³-hybridized carbons (Fsp3) is 0.857. The van der Waals surface area contributed by atoms with Gasteiger partial charge >= 0.3 is 5.97 Å². The molecular formula is C14H27NO4. The average Bonchev–Trinajstić information content (AvgIpc) is 2.35. The molecule has 1 amide bonds. The number of carbonyl (C=O) groups excluding carboxylic acids is 1. The number of nitrogens with one attached hydrogen (secondary N) is 1. The van der Waals surface area contributed by atoms with E-state index in [1.807, 2.05) is 13.8 Å². The second kappa shape index (κ2) is 8.15. The Balaban J connectivity index is 4.70. The van der Waals surface area contributed by atoms with E-state index in [4.69, 9.17) is 5.11 Å². The molecule has 0 saturated carbocycles. The third-order valence-corrected chi connectivity index (χ3v) is 3.90. The average molecular weight is 273 g/mol. The van der Waals surface area contributed by atoms with Gasteiger partial charge in [0.1, 0.15) is 0 Å². The Morgan fingerprint density at radius 3 is 2.05 bits per heavy atom. The van der Waals surface area contributed by atoms with E-state index in [9.17, 15) is 14.7 Å². The normalized spacial score (nSPS) is 13.4. The van der Waals surface area contributed by atoms with Crippen molar-refractivity contribution < 1.29 is 19.8 Å². The lowest BCUT2D eigenvalue weighted by Gasteiger charge is -2.28. The molecule has 5 nitrogen and oxygen atoms in total. The Morgan fingerprint density at radius 1 is 1.21 bits per heavy atom. The number of aliphatic hydroxyl groups excluding tert-OH is 1. The minimum absolute atomic E-state index is 0.00869. The second-order valence-electron chi connectivity index (χ2n) is 5.40. The molecule has 0 saturated heterocycles. The number of carbonyl (C=O) groups is 2. The van der Waals surface area contributed by atoms with Gasteiger partial charge in [0.05, 0.1) is 5.41 Å². The summed E-state index contributed by atoms with van der Waals surface area (Å²) in [5.41, 5.74) is -0.981. The van der Waals surface area contributed by atoms with Crippen LogP contribution in [-0.2, 0) is 9.59 Å². The molecule has 0 aliphatic heterocycles. The first-order valence-electron chi connectivity index (χ1n) is 6.96. The molecule has 0 aliphatic carbocycles. The molecule has 0 heterocycles. The van der Waals surface area contributed by atoms with E-state index in [2.05, 4.69) is 5.32 Å². The van der Waals surface area contributed by atoms with Gasteiger partial charge in [-0.2, -0.15) is 0 Å². The molecule has 0 aromatic heterocycles. The Bertz CT molecular complexity index is 298. The Kier molecular flexibility index (Phi) is 7.68. The predicted molar refractivity (Wildman–Crippen MR) is 73.7 cm³/mol. The largest absolute Gasteiger partial charge is 0.481 e. The lowest BCUT2D eigenvalue weighted by molar-refractivity contribution is -0.152. The number of rotatable bonds is 9. The standard InChI is InChI=1S/C14H27NO4/c1-5-14(6-2,13(18)19)9-12(17)15-11(7-8-16)10(3)4/h10-11,16H,5-9H2,1-4H3,(H,15,17)(H,18,19). The molecule has 3 N–H and O–H groups in total. The monoisotopic (exact) mass is 273 g/mol. The summed E-state index contributed by atoms with van der Waals surface area (Å²) in [7, 11) is 0. The summed E-state index contributed by atoms with van der Waals surface area (Å²) in [4.78, 5) is 23.4. The summed E-state index contributed by atoms with van der Waals surface area (Å²) in [5, 5.41) is 21.1. The van der Waals surface area contributed by atoms with Crippen molar-refractivity contribution in [1.29, 1.82) is 0 Å². The molecule has 5 heteroatoms. The van der Waals surface area contributed by atoms with Crippen LogP contribution in [0.5, 0.6) is 0 Å². The summed E-state index contributed by atoms with van der Waals surface area (Å²) in [6.07, 6.45) is 1.34. The molecule has 0 spiro atoms. The highest BCUT2D eigenvalue weighted by atomic mass is 16.4. The van der Waals surface area contributed by atoms with Crippen LogP contribution in [-0.4, -0.2) is 34.7 Å². The molecule has 0 aromatic rings. The van der Waals surface area contributed by atoms with Crippen LogP contribution in [0.15, 0.2) is 0 Å². The van der Waals surface area contributed by atoms with E-state index in [0.717, 1.165) is 0 Å². The topological polar surface area (TPSA) is 86.6 Å². The number of hydrogen-bond donors (Lipinski definition) is 3. The van der Waals surface area contributed by atoms with Crippen molar-refractivity contribution in [2.75, 3.05) is 6.61 Å². The van der Waals surface area contributed by atoms with E-state index in [1.54, 1.807) is 13.8 Å². The van der Waals surface area contributed by atoms with E-state index < -0.39 is 11.4 Å². The zero-order valence-corrected chi connectivity index (χ0v) is 12.4. The summed E-state index contributed by atoms with van der Waals surface area (Å²) < 4.78 is 0. The van der Waals surface area contributed by atoms with Gasteiger partial charge < -0.3 is 15.5 Å². The summed E-state index contributed by atoms with van der Waals surface area (Å²) in [6.45, 7) is 7.52. The quantitative estimate of drug-likeness (QED) is 0.598. The fourth-order valence-corrected chi connectivity index (χ4v) is 2.15. The molecule has 1 atom stereocenters. The van der Waals surface area contributed by atoms with E-state index >= 15 is 0 Å². The van der Waals surface area contributed by atoms with Crippen molar-refractivity contribution >= 4 is 11.9 Å². The zero-order chi connectivity index (χ0) is 15.1. The van der Waals surface area contributed by atoms with Gasteiger partial charge in [-0.25, -0.2) is 0 Å². The lowest BCUT2D eigenvalue weighted by Crippen LogP contribution is -2.43. The van der Waals surface area contributed by atoms with E-state index in [0.29, 0.717) is 19.3 Å². The first-order valence-corrected chi connectivity index (χ1v) is 6.96. The van der Waals surface area contributed by atoms with Crippen LogP contribution >= 0.6 is 0 Å². The molecule has 1 unspecified atom stereocenters. The summed E-state index contributed by atoms with van der Waals surface area (Å²) in [6, 6.07) is -0.113. The highest BCUT2D eigenvalue weighted by Crippen LogP contribution is 2.31. The number of hydrogen-bond acceptors (Lipinski definition) is 3. The van der Waals surface area contributed by atoms with Crippen molar-refractivity contribution in [3.63, 3.8) is 0 Å². The van der Waals surface area contributed by atoms with Crippen molar-refractivity contribution in [2.24, 2.45) is 11.3 Å². The number of aliphatic hydroxyl groups is 1. The molecule has 112 valence electrons. The Hall–Kier alpha value is -1.10. The fourth-order valence-electron chi connectivity index (χ4n) is 2.15. The van der Waals surface area contributed by atoms with Crippen LogP contribution in [0.4, 0.5) is 0 Å². The number of amides is 1. The Morgan fingerprint density at radius 2 is 1.74 bits per heavy atom. The first-order chi connectivity index (χ1) is 8.82. The second-order valence-corrected chi connectivity index (χ2v) is 5.40. The highest BCUT2D eigenvalue weighted by molar-refractivity contribution is 5.85. The molecule has 19 heavy (non-hydrogen) atoms. The number of carboxylic acids is 1. The van der Waals surface area contributed by atoms with Crippen LogP contribution in [0, 0.1) is 11.3 Å². The smallest absolute Gasteiger partial charge is 0.310 e. The molecule has 0 rings (SSSR count). The van der Waals surface area contributed by atoms with Crippen molar-refractivity contribution in [2.45, 2.75) is 59.4 Å². The Labute approximate surface area is 115 Å². The van der Waals surface area contributed by atoms with Crippen LogP contribution < -0.4 is 5.32 Å². The molecule has 0 aromatic carbocycles. The SMILES string of the molecule is CCC(CC)(CC(=O)NC(CCO)C(C)C)C(=O)O. The molecule has 0 fully saturated rings. The van der Waals surface area contributed by atoms with Gasteiger partial charge in [0.2, 0.25) is 5.91 Å². The van der Waals surface area contributed by atoms with Crippen molar-refractivity contribution in [3.05, 3.63) is 0 Å². The summed E-state index contributed by atoms with van der Waals surface area (Å²) >= 11 is 0. The van der Waals surface area contributed by atoms with Crippen LogP contribution in [0.2, 0.25) is 0 Å². The van der Waals surface area contributed by atoms with Crippen molar-refractivity contribution in [3.8, 4) is 0 Å². The maximum Gasteiger partial charge on any atom is 0.310 e. The molecule has 0 bridgehead atoms. The van der Waals surface area contributed by atoms with Gasteiger partial charge in [-0.3, -0.25) is 9.59 Å². The van der Waals surface area contributed by atoms with Gasteiger partial charge in [0, 0.05) is 19.1 Å². The summed E-state index contributed by atoms with van der Waals surface area (Å²) in [5.74, 6) is -0.965. The maximum absolute atomic E-state index is 12.0. The molecule has 0 aliphatic rings. The minimum Gasteiger partial charge on any atom is -0.481 e. The third kappa shape index (κ3) is 5.19. The van der Waals surface area contributed by atoms with E-state index in [1.165, 1.54) is 0 Å².